The first-order valence-corrected chi connectivity index (χ1v) is 3.13. The zero-order chi connectivity index (χ0) is 6.41. The molecule has 0 aromatic heterocycles. The van der Waals surface area contributed by atoms with E-state index in [0.29, 0.717) is 5.70 Å². The van der Waals surface area contributed by atoms with Gasteiger partial charge in [0.25, 0.3) is 0 Å². The lowest BCUT2D eigenvalue weighted by molar-refractivity contribution is 1.40. The fourth-order valence-electron chi connectivity index (χ4n) is 0.152. The van der Waals surface area contributed by atoms with E-state index in [9.17, 15) is 0 Å². The Morgan fingerprint density at radius 1 is 1.75 bits per heavy atom. The van der Waals surface area contributed by atoms with Crippen molar-refractivity contribution in [1.29, 1.82) is 5.41 Å². The van der Waals surface area contributed by atoms with E-state index in [0.717, 1.165) is 6.21 Å². The molecule has 44 valence electrons. The molecule has 0 aliphatic rings. The molecular weight excluding hydrogens is 217 g/mol. The molecule has 3 nitrogen and oxygen atoms in total. The Bertz CT molecular complexity index is 127. The summed E-state index contributed by atoms with van der Waals surface area (Å²) in [6.45, 7) is 0. The number of hydrogen-bond acceptors (Lipinski definition) is 3. The Hall–Kier alpha value is -0.390. The predicted molar refractivity (Wildman–Crippen MR) is 43.6 cm³/mol. The van der Waals surface area contributed by atoms with E-state index in [4.69, 9.17) is 11.1 Å². The maximum Gasteiger partial charge on any atom is 0.0678 e. The quantitative estimate of drug-likeness (QED) is 0.530. The summed E-state index contributed by atoms with van der Waals surface area (Å²) in [6.07, 6.45) is 2.46. The molecule has 8 heavy (non-hydrogen) atoms. The number of allylic oxidation sites excluding steroid dienone is 1. The molecule has 0 aliphatic carbocycles. The molecule has 0 aromatic carbocycles. The third kappa shape index (κ3) is 3.79. The minimum Gasteiger partial charge on any atom is -0.396 e. The summed E-state index contributed by atoms with van der Waals surface area (Å²) in [5, 5.41) is 6.59. The molecule has 0 atom stereocenters. The van der Waals surface area contributed by atoms with Gasteiger partial charge in [-0.05, 0) is 22.6 Å². The van der Waals surface area contributed by atoms with Crippen LogP contribution in [0.25, 0.3) is 0 Å². The summed E-state index contributed by atoms with van der Waals surface area (Å²) in [4.78, 5) is 3.67. The van der Waals surface area contributed by atoms with Crippen LogP contribution in [-0.4, -0.2) is 10.4 Å². The van der Waals surface area contributed by atoms with E-state index >= 15 is 0 Å². The minimum absolute atomic E-state index is 0.359. The van der Waals surface area contributed by atoms with Crippen LogP contribution >= 0.6 is 22.6 Å². The summed E-state index contributed by atoms with van der Waals surface area (Å²) in [5.74, 6) is 0. The smallest absolute Gasteiger partial charge is 0.0678 e. The van der Waals surface area contributed by atoms with E-state index < -0.39 is 0 Å². The van der Waals surface area contributed by atoms with Gasteiger partial charge in [-0.3, -0.25) is 4.99 Å². The van der Waals surface area contributed by atoms with Crippen molar-refractivity contribution in [3.8, 4) is 0 Å². The minimum atomic E-state index is 0.359. The molecule has 0 spiro atoms. The summed E-state index contributed by atoms with van der Waals surface area (Å²) in [7, 11) is 0. The number of nitrogens with one attached hydrogen (secondary N) is 1. The van der Waals surface area contributed by atoms with Crippen LogP contribution in [0.3, 0.4) is 0 Å². The van der Waals surface area contributed by atoms with Crippen LogP contribution < -0.4 is 5.73 Å². The molecule has 0 unspecified atom stereocenters. The van der Waals surface area contributed by atoms with Crippen LogP contribution in [-0.2, 0) is 0 Å². The number of nitrogens with zero attached hydrogens (tertiary/aromatic N) is 1. The van der Waals surface area contributed by atoms with Gasteiger partial charge in [0.15, 0.2) is 0 Å². The third-order valence-electron chi connectivity index (χ3n) is 0.447. The second-order valence-electron chi connectivity index (χ2n) is 1.02. The Labute approximate surface area is 61.3 Å². The van der Waals surface area contributed by atoms with Crippen LogP contribution in [0.5, 0.6) is 0 Å². The van der Waals surface area contributed by atoms with Gasteiger partial charge in [0.2, 0.25) is 0 Å². The molecule has 0 fully saturated rings. The average molecular weight is 223 g/mol. The molecule has 4 heteroatoms. The number of aliphatic imine (C=N–C) groups is 1. The van der Waals surface area contributed by atoms with Crippen molar-refractivity contribution in [2.75, 3.05) is 0 Å². The molecule has 0 amide bonds. The largest absolute Gasteiger partial charge is 0.396 e. The van der Waals surface area contributed by atoms with Crippen molar-refractivity contribution < 1.29 is 0 Å². The second-order valence-corrected chi connectivity index (χ2v) is 1.58. The lowest BCUT2D eigenvalue weighted by Gasteiger charge is -1.80. The number of nitrogens with two attached hydrogens (primary N) is 1. The fourth-order valence-corrected chi connectivity index (χ4v) is 0.312. The van der Waals surface area contributed by atoms with E-state index in [1.54, 1.807) is 4.22 Å². The van der Waals surface area contributed by atoms with Crippen molar-refractivity contribution in [2.45, 2.75) is 0 Å². The molecule has 0 rings (SSSR count). The second kappa shape index (κ2) is 4.76. The van der Waals surface area contributed by atoms with Gasteiger partial charge in [-0.1, -0.05) is 0 Å². The highest BCUT2D eigenvalue weighted by Gasteiger charge is 1.73. The Morgan fingerprint density at radius 3 is 2.75 bits per heavy atom. The van der Waals surface area contributed by atoms with Crippen molar-refractivity contribution >= 4 is 33.0 Å². The summed E-state index contributed by atoms with van der Waals surface area (Å²) < 4.78 is 1.58. The van der Waals surface area contributed by atoms with Crippen LogP contribution in [0.2, 0.25) is 0 Å². The first kappa shape index (κ1) is 7.61. The summed E-state index contributed by atoms with van der Waals surface area (Å²) in [6, 6.07) is 0. The monoisotopic (exact) mass is 223 g/mol. The van der Waals surface area contributed by atoms with Gasteiger partial charge in [-0.15, -0.1) is 0 Å². The Balaban J connectivity index is 3.74. The highest BCUT2D eigenvalue weighted by Crippen LogP contribution is 1.79. The zero-order valence-electron chi connectivity index (χ0n) is 4.13. The average Bonchev–Trinajstić information content (AvgIpc) is 1.83. The number of halogens is 1. The van der Waals surface area contributed by atoms with Crippen molar-refractivity contribution in [1.82, 2.24) is 0 Å². The molecule has 0 radical (unpaired) electrons. The maximum atomic E-state index is 6.59. The maximum absolute atomic E-state index is 6.59. The first-order valence-electron chi connectivity index (χ1n) is 1.89. The van der Waals surface area contributed by atoms with Crippen molar-refractivity contribution in [3.63, 3.8) is 0 Å². The van der Waals surface area contributed by atoms with Gasteiger partial charge in [-0.25, -0.2) is 0 Å². The molecule has 3 N–H and O–H groups in total. The summed E-state index contributed by atoms with van der Waals surface area (Å²) in [5.41, 5.74) is 5.52. The van der Waals surface area contributed by atoms with E-state index in [2.05, 4.69) is 4.99 Å². The first-order chi connectivity index (χ1) is 3.81. The van der Waals surface area contributed by atoms with Crippen LogP contribution in [0.1, 0.15) is 0 Å². The van der Waals surface area contributed by atoms with Gasteiger partial charge in [0, 0.05) is 6.21 Å². The van der Waals surface area contributed by atoms with Crippen LogP contribution in [0.15, 0.2) is 16.9 Å². The highest BCUT2D eigenvalue weighted by atomic mass is 127. The lowest BCUT2D eigenvalue weighted by atomic mass is 10.5. The normalized spacial score (nSPS) is 12.4. The molecule has 0 bridgehead atoms. The SMILES string of the molecule is N=C/C(N)=C\N=C/I. The molecule has 0 heterocycles. The molecule has 0 aromatic rings. The Kier molecular flexibility index (Phi) is 4.53. The number of hydrogen-bond donors (Lipinski definition) is 2. The molecule has 0 saturated carbocycles. The van der Waals surface area contributed by atoms with Gasteiger partial charge in [0.1, 0.15) is 0 Å². The van der Waals surface area contributed by atoms with Crippen molar-refractivity contribution in [3.05, 3.63) is 11.9 Å². The van der Waals surface area contributed by atoms with E-state index in [1.165, 1.54) is 6.20 Å². The fraction of sp³-hybridized carbons (Fsp3) is 0. The predicted octanol–water partition coefficient (Wildman–Crippen LogP) is 0.899. The van der Waals surface area contributed by atoms with Crippen LogP contribution in [0, 0.1) is 5.41 Å². The molecule has 0 saturated heterocycles. The van der Waals surface area contributed by atoms with Crippen molar-refractivity contribution in [2.24, 2.45) is 10.7 Å². The highest BCUT2D eigenvalue weighted by molar-refractivity contribution is 14.1. The standard InChI is InChI=1S/C4H6IN3/c5-3-8-2-4(7)1-6/h1-3,6H,7H2/b4-2+,6-1?,8-3-. The third-order valence-corrected chi connectivity index (χ3v) is 0.768. The molecule has 0 aliphatic heterocycles. The van der Waals surface area contributed by atoms with Gasteiger partial charge in [0.05, 0.1) is 16.1 Å². The summed E-state index contributed by atoms with van der Waals surface area (Å²) >= 11 is 1.97. The van der Waals surface area contributed by atoms with Crippen LogP contribution in [0.4, 0.5) is 0 Å². The number of rotatable bonds is 2. The lowest BCUT2D eigenvalue weighted by Crippen LogP contribution is -1.95. The van der Waals surface area contributed by atoms with E-state index in [-0.39, 0.29) is 0 Å². The van der Waals surface area contributed by atoms with E-state index in [1.807, 2.05) is 22.6 Å². The Morgan fingerprint density at radius 2 is 2.38 bits per heavy atom. The topological polar surface area (TPSA) is 62.2 Å². The van der Waals surface area contributed by atoms with Gasteiger partial charge in [-0.2, -0.15) is 0 Å². The van der Waals surface area contributed by atoms with Gasteiger partial charge >= 0.3 is 0 Å². The molecular formula is C4H6IN3. The zero-order valence-corrected chi connectivity index (χ0v) is 6.29. The van der Waals surface area contributed by atoms with Gasteiger partial charge < -0.3 is 11.1 Å².